The van der Waals surface area contributed by atoms with Gasteiger partial charge in [0, 0.05) is 45.4 Å². The second-order valence-corrected chi connectivity index (χ2v) is 7.72. The second kappa shape index (κ2) is 7.62. The Bertz CT molecular complexity index is 474. The first kappa shape index (κ1) is 16.7. The van der Waals surface area contributed by atoms with Gasteiger partial charge < -0.3 is 15.2 Å². The minimum atomic E-state index is 0.273. The van der Waals surface area contributed by atoms with Crippen LogP contribution in [0.3, 0.4) is 0 Å². The predicted octanol–water partition coefficient (Wildman–Crippen LogP) is 3.29. The van der Waals surface area contributed by atoms with Crippen LogP contribution in [0.25, 0.3) is 0 Å². The highest BCUT2D eigenvalue weighted by Gasteiger charge is 2.31. The molecule has 0 aromatic heterocycles. The summed E-state index contributed by atoms with van der Waals surface area (Å²) >= 11 is 6.96. The van der Waals surface area contributed by atoms with Gasteiger partial charge in [0.05, 0.1) is 8.95 Å². The van der Waals surface area contributed by atoms with E-state index >= 15 is 0 Å². The quantitative estimate of drug-likeness (QED) is 0.767. The van der Waals surface area contributed by atoms with Crippen LogP contribution in [0.2, 0.25) is 0 Å². The van der Waals surface area contributed by atoms with Gasteiger partial charge in [0.1, 0.15) is 5.75 Å². The number of nitrogens with one attached hydrogen (secondary N) is 1. The van der Waals surface area contributed by atoms with Gasteiger partial charge in [0.15, 0.2) is 0 Å². The lowest BCUT2D eigenvalue weighted by molar-refractivity contribution is 0.0212. The molecular formula is C16H22Br2N2O2. The Morgan fingerprint density at radius 1 is 1.14 bits per heavy atom. The van der Waals surface area contributed by atoms with E-state index in [1.54, 1.807) is 0 Å². The van der Waals surface area contributed by atoms with Gasteiger partial charge in [-0.2, -0.15) is 0 Å². The summed E-state index contributed by atoms with van der Waals surface area (Å²) in [5.41, 5.74) is 1.27. The molecule has 6 heteroatoms. The number of halogens is 2. The normalized spacial score (nSPS) is 22.6. The fraction of sp³-hybridized carbons (Fsp3) is 0.625. The van der Waals surface area contributed by atoms with Crippen molar-refractivity contribution in [3.63, 3.8) is 0 Å². The standard InChI is InChI=1S/C16H22Br2N2O2/c17-13-9-12(10-14(18)16(13)21)15(11-1-7-22-8-2-11)20-5-3-19-4-6-20/h9-11,15,19,21H,1-8H2/t15-/m1/s1. The van der Waals surface area contributed by atoms with E-state index in [2.05, 4.69) is 54.2 Å². The van der Waals surface area contributed by atoms with E-state index in [4.69, 9.17) is 4.74 Å². The summed E-state index contributed by atoms with van der Waals surface area (Å²) in [7, 11) is 0. The maximum Gasteiger partial charge on any atom is 0.143 e. The van der Waals surface area contributed by atoms with Crippen LogP contribution in [0.1, 0.15) is 24.4 Å². The van der Waals surface area contributed by atoms with Crippen LogP contribution in [-0.2, 0) is 4.74 Å². The molecule has 0 bridgehead atoms. The molecule has 0 saturated carbocycles. The van der Waals surface area contributed by atoms with Crippen LogP contribution in [-0.4, -0.2) is 49.4 Å². The molecule has 0 radical (unpaired) electrons. The van der Waals surface area contributed by atoms with E-state index in [0.29, 0.717) is 12.0 Å². The summed E-state index contributed by atoms with van der Waals surface area (Å²) in [4.78, 5) is 2.58. The third-order valence-corrected chi connectivity index (χ3v) is 5.85. The van der Waals surface area contributed by atoms with Gasteiger partial charge in [0.2, 0.25) is 0 Å². The molecule has 2 aliphatic heterocycles. The predicted molar refractivity (Wildman–Crippen MR) is 94.2 cm³/mol. The molecule has 2 fully saturated rings. The largest absolute Gasteiger partial charge is 0.506 e. The molecule has 2 aliphatic rings. The number of phenolic OH excluding ortho intramolecular Hbond substituents is 1. The number of hydrogen-bond donors (Lipinski definition) is 2. The summed E-state index contributed by atoms with van der Waals surface area (Å²) in [6, 6.07) is 4.53. The zero-order valence-electron chi connectivity index (χ0n) is 12.5. The molecule has 122 valence electrons. The topological polar surface area (TPSA) is 44.7 Å². The molecule has 0 aliphatic carbocycles. The van der Waals surface area contributed by atoms with Gasteiger partial charge in [-0.15, -0.1) is 0 Å². The van der Waals surface area contributed by atoms with Crippen LogP contribution < -0.4 is 5.32 Å². The third-order valence-electron chi connectivity index (χ3n) is 4.64. The number of rotatable bonds is 3. The van der Waals surface area contributed by atoms with Gasteiger partial charge in [-0.1, -0.05) is 0 Å². The van der Waals surface area contributed by atoms with Crippen molar-refractivity contribution in [2.24, 2.45) is 5.92 Å². The highest BCUT2D eigenvalue weighted by Crippen LogP contribution is 2.41. The van der Waals surface area contributed by atoms with Crippen LogP contribution in [0.4, 0.5) is 0 Å². The number of ether oxygens (including phenoxy) is 1. The van der Waals surface area contributed by atoms with E-state index in [9.17, 15) is 5.11 Å². The number of benzene rings is 1. The summed E-state index contributed by atoms with van der Waals surface area (Å²) in [6.45, 7) is 5.93. The molecule has 4 nitrogen and oxygen atoms in total. The number of aromatic hydroxyl groups is 1. The van der Waals surface area contributed by atoms with Crippen molar-refractivity contribution < 1.29 is 9.84 Å². The van der Waals surface area contributed by atoms with Crippen molar-refractivity contribution in [2.45, 2.75) is 18.9 Å². The van der Waals surface area contributed by atoms with Crippen molar-refractivity contribution in [3.8, 4) is 5.75 Å². The molecule has 0 amide bonds. The van der Waals surface area contributed by atoms with Crippen molar-refractivity contribution in [3.05, 3.63) is 26.6 Å². The van der Waals surface area contributed by atoms with Gasteiger partial charge in [-0.25, -0.2) is 0 Å². The Hall–Kier alpha value is -0.140. The average molecular weight is 434 g/mol. The summed E-state index contributed by atoms with van der Waals surface area (Å²) in [6.07, 6.45) is 2.20. The van der Waals surface area contributed by atoms with Crippen LogP contribution >= 0.6 is 31.9 Å². The fourth-order valence-electron chi connectivity index (χ4n) is 3.53. The monoisotopic (exact) mass is 432 g/mol. The van der Waals surface area contributed by atoms with Gasteiger partial charge in [-0.05, 0) is 68.3 Å². The summed E-state index contributed by atoms with van der Waals surface area (Å²) in [5.74, 6) is 0.880. The molecule has 2 heterocycles. The van der Waals surface area contributed by atoms with Crippen molar-refractivity contribution in [1.82, 2.24) is 10.2 Å². The lowest BCUT2D eigenvalue weighted by Gasteiger charge is -2.41. The first-order chi connectivity index (χ1) is 10.7. The number of phenols is 1. The molecule has 0 unspecified atom stereocenters. The summed E-state index contributed by atoms with van der Waals surface area (Å²) < 4.78 is 7.06. The molecular weight excluding hydrogens is 412 g/mol. The molecule has 0 spiro atoms. The maximum absolute atomic E-state index is 10.00. The maximum atomic E-state index is 10.00. The Labute approximate surface area is 148 Å². The molecule has 1 aromatic carbocycles. The van der Waals surface area contributed by atoms with Gasteiger partial charge in [-0.3, -0.25) is 4.90 Å². The van der Waals surface area contributed by atoms with Crippen molar-refractivity contribution >= 4 is 31.9 Å². The van der Waals surface area contributed by atoms with Crippen LogP contribution in [0.15, 0.2) is 21.1 Å². The van der Waals surface area contributed by atoms with E-state index in [0.717, 1.165) is 61.2 Å². The Balaban J connectivity index is 1.92. The zero-order chi connectivity index (χ0) is 15.5. The van der Waals surface area contributed by atoms with E-state index in [-0.39, 0.29) is 5.75 Å². The SMILES string of the molecule is Oc1c(Br)cc([C@@H](C2CCOCC2)N2CCNCC2)cc1Br. The van der Waals surface area contributed by atoms with Crippen molar-refractivity contribution in [2.75, 3.05) is 39.4 Å². The molecule has 3 rings (SSSR count). The smallest absolute Gasteiger partial charge is 0.143 e. The van der Waals surface area contributed by atoms with Gasteiger partial charge >= 0.3 is 0 Å². The van der Waals surface area contributed by atoms with E-state index < -0.39 is 0 Å². The molecule has 1 atom stereocenters. The Kier molecular flexibility index (Phi) is 5.79. The summed E-state index contributed by atoms with van der Waals surface area (Å²) in [5, 5.41) is 13.4. The minimum absolute atomic E-state index is 0.273. The zero-order valence-corrected chi connectivity index (χ0v) is 15.7. The lowest BCUT2D eigenvalue weighted by atomic mass is 9.85. The molecule has 2 N–H and O–H groups in total. The van der Waals surface area contributed by atoms with E-state index in [1.165, 1.54) is 5.56 Å². The third kappa shape index (κ3) is 3.67. The Morgan fingerprint density at radius 2 is 1.73 bits per heavy atom. The van der Waals surface area contributed by atoms with Gasteiger partial charge in [0.25, 0.3) is 0 Å². The Morgan fingerprint density at radius 3 is 2.32 bits per heavy atom. The van der Waals surface area contributed by atoms with Crippen molar-refractivity contribution in [1.29, 1.82) is 0 Å². The molecule has 1 aromatic rings. The van der Waals surface area contributed by atoms with Crippen LogP contribution in [0.5, 0.6) is 5.75 Å². The highest BCUT2D eigenvalue weighted by atomic mass is 79.9. The fourth-order valence-corrected chi connectivity index (χ4v) is 4.75. The minimum Gasteiger partial charge on any atom is -0.506 e. The highest BCUT2D eigenvalue weighted by molar-refractivity contribution is 9.11. The molecule has 2 saturated heterocycles. The number of piperazine rings is 1. The average Bonchev–Trinajstić information content (AvgIpc) is 2.55. The first-order valence-electron chi connectivity index (χ1n) is 7.87. The molecule has 22 heavy (non-hydrogen) atoms. The second-order valence-electron chi connectivity index (χ2n) is 6.01. The van der Waals surface area contributed by atoms with E-state index in [1.807, 2.05) is 0 Å². The van der Waals surface area contributed by atoms with Crippen LogP contribution in [0, 0.1) is 5.92 Å². The number of nitrogens with zero attached hydrogens (tertiary/aromatic N) is 1. The number of hydrogen-bond acceptors (Lipinski definition) is 4. The lowest BCUT2D eigenvalue weighted by Crippen LogP contribution is -2.47. The first-order valence-corrected chi connectivity index (χ1v) is 9.46.